The Morgan fingerprint density at radius 3 is 2.73 bits per heavy atom. The highest BCUT2D eigenvalue weighted by molar-refractivity contribution is 6.32. The molecule has 7 heteroatoms. The molecule has 6 nitrogen and oxygen atoms in total. The van der Waals surface area contributed by atoms with Crippen molar-refractivity contribution in [1.29, 1.82) is 0 Å². The summed E-state index contributed by atoms with van der Waals surface area (Å²) in [5.41, 5.74) is 7.65. The van der Waals surface area contributed by atoms with Crippen LogP contribution in [-0.4, -0.2) is 45.8 Å². The fraction of sp³-hybridized carbons (Fsp3) is 0.421. The third-order valence-electron chi connectivity index (χ3n) is 4.84. The van der Waals surface area contributed by atoms with Gasteiger partial charge in [-0.25, -0.2) is 0 Å². The molecular formula is C19H22ClN5O. The van der Waals surface area contributed by atoms with E-state index >= 15 is 0 Å². The monoisotopic (exact) mass is 371 g/mol. The maximum atomic E-state index is 6.48. The molecule has 0 bridgehead atoms. The number of allylic oxidation sites excluding steroid dienone is 1. The highest BCUT2D eigenvalue weighted by Gasteiger charge is 2.33. The van der Waals surface area contributed by atoms with Crippen molar-refractivity contribution in [2.45, 2.75) is 37.8 Å². The van der Waals surface area contributed by atoms with Crippen LogP contribution < -0.4 is 5.73 Å². The predicted octanol–water partition coefficient (Wildman–Crippen LogP) is 2.89. The summed E-state index contributed by atoms with van der Waals surface area (Å²) in [6.07, 6.45) is 5.83. The van der Waals surface area contributed by atoms with Gasteiger partial charge in [-0.2, -0.15) is 0 Å². The molecule has 26 heavy (non-hydrogen) atoms. The van der Waals surface area contributed by atoms with Crippen molar-refractivity contribution in [2.75, 3.05) is 13.2 Å². The Morgan fingerprint density at radius 2 is 2.08 bits per heavy atom. The SMILES string of the molecule is CCOC1C=CC(c2nnc([C@H]3C[C@H](N)C3)n2-c2ccccc2Cl)=NC1. The van der Waals surface area contributed by atoms with Crippen molar-refractivity contribution in [1.82, 2.24) is 14.8 Å². The fourth-order valence-corrected chi connectivity index (χ4v) is 3.66. The molecule has 0 radical (unpaired) electrons. The Morgan fingerprint density at radius 1 is 1.27 bits per heavy atom. The first-order valence-electron chi connectivity index (χ1n) is 8.97. The molecule has 1 aliphatic heterocycles. The third-order valence-corrected chi connectivity index (χ3v) is 5.16. The molecular weight excluding hydrogens is 350 g/mol. The van der Waals surface area contributed by atoms with E-state index in [9.17, 15) is 0 Å². The van der Waals surface area contributed by atoms with E-state index in [1.807, 2.05) is 47.9 Å². The number of ether oxygens (including phenoxy) is 1. The van der Waals surface area contributed by atoms with Gasteiger partial charge in [0.25, 0.3) is 0 Å². The molecule has 1 fully saturated rings. The second kappa shape index (κ2) is 7.31. The predicted molar refractivity (Wildman–Crippen MR) is 102 cm³/mol. The number of nitrogens with two attached hydrogens (primary N) is 1. The average molecular weight is 372 g/mol. The lowest BCUT2D eigenvalue weighted by atomic mass is 9.80. The lowest BCUT2D eigenvalue weighted by Gasteiger charge is -2.32. The van der Waals surface area contributed by atoms with Crippen molar-refractivity contribution in [3.63, 3.8) is 0 Å². The summed E-state index contributed by atoms with van der Waals surface area (Å²) in [4.78, 5) is 4.66. The van der Waals surface area contributed by atoms with Crippen LogP contribution in [0.5, 0.6) is 0 Å². The van der Waals surface area contributed by atoms with Gasteiger partial charge in [-0.05, 0) is 38.0 Å². The van der Waals surface area contributed by atoms with Crippen LogP contribution in [0.2, 0.25) is 5.02 Å². The second-order valence-electron chi connectivity index (χ2n) is 6.68. The van der Waals surface area contributed by atoms with Gasteiger partial charge in [-0.3, -0.25) is 9.56 Å². The van der Waals surface area contributed by atoms with Gasteiger partial charge in [-0.1, -0.05) is 29.8 Å². The fourth-order valence-electron chi connectivity index (χ4n) is 3.44. The van der Waals surface area contributed by atoms with E-state index in [2.05, 4.69) is 15.2 Å². The maximum absolute atomic E-state index is 6.48. The molecule has 1 saturated carbocycles. The van der Waals surface area contributed by atoms with Crippen LogP contribution in [0.1, 0.15) is 37.3 Å². The Labute approximate surface area is 157 Å². The quantitative estimate of drug-likeness (QED) is 0.876. The normalized spacial score (nSPS) is 25.0. The zero-order chi connectivity index (χ0) is 18.1. The smallest absolute Gasteiger partial charge is 0.186 e. The molecule has 0 saturated heterocycles. The minimum absolute atomic E-state index is 0.0181. The standard InChI is InChI=1S/C19H22ClN5O/c1-2-26-14-7-8-16(22-11-14)19-24-23-18(12-9-13(21)10-12)25(19)17-6-4-3-5-15(17)20/h3-8,12-14H,2,9-11,21H2,1H3/t12-,13-,14?. The number of aliphatic imine (C=N–C) groups is 1. The number of nitrogens with zero attached hydrogens (tertiary/aromatic N) is 4. The molecule has 136 valence electrons. The van der Waals surface area contributed by atoms with Gasteiger partial charge >= 0.3 is 0 Å². The van der Waals surface area contributed by atoms with Crippen LogP contribution in [-0.2, 0) is 4.74 Å². The van der Waals surface area contributed by atoms with Crippen LogP contribution in [0.4, 0.5) is 0 Å². The summed E-state index contributed by atoms with van der Waals surface area (Å²) in [7, 11) is 0. The Hall–Kier alpha value is -2.02. The summed E-state index contributed by atoms with van der Waals surface area (Å²) < 4.78 is 7.64. The number of halogens is 1. The minimum Gasteiger partial charge on any atom is -0.372 e. The summed E-state index contributed by atoms with van der Waals surface area (Å²) in [6, 6.07) is 7.97. The number of aromatic nitrogens is 3. The highest BCUT2D eigenvalue weighted by Crippen LogP contribution is 2.37. The zero-order valence-electron chi connectivity index (χ0n) is 14.7. The van der Waals surface area contributed by atoms with E-state index in [0.717, 1.165) is 30.1 Å². The van der Waals surface area contributed by atoms with E-state index in [1.54, 1.807) is 0 Å². The van der Waals surface area contributed by atoms with E-state index in [4.69, 9.17) is 22.1 Å². The van der Waals surface area contributed by atoms with Crippen LogP contribution in [0.3, 0.4) is 0 Å². The number of benzene rings is 1. The summed E-state index contributed by atoms with van der Waals surface area (Å²) in [5, 5.41) is 9.58. The molecule has 1 aliphatic carbocycles. The van der Waals surface area contributed by atoms with Crippen molar-refractivity contribution in [3.8, 4) is 5.69 Å². The zero-order valence-corrected chi connectivity index (χ0v) is 15.4. The number of hydrogen-bond donors (Lipinski definition) is 1. The molecule has 4 rings (SSSR count). The topological polar surface area (TPSA) is 78.3 Å². The van der Waals surface area contributed by atoms with Gasteiger partial charge < -0.3 is 10.5 Å². The van der Waals surface area contributed by atoms with E-state index in [0.29, 0.717) is 29.9 Å². The maximum Gasteiger partial charge on any atom is 0.186 e. The summed E-state index contributed by atoms with van der Waals surface area (Å²) in [5.74, 6) is 1.91. The molecule has 1 atom stereocenters. The lowest BCUT2D eigenvalue weighted by molar-refractivity contribution is 0.102. The molecule has 2 aliphatic rings. The van der Waals surface area contributed by atoms with Gasteiger partial charge in [0.05, 0.1) is 23.4 Å². The number of hydrogen-bond acceptors (Lipinski definition) is 5. The van der Waals surface area contributed by atoms with E-state index < -0.39 is 0 Å². The third kappa shape index (κ3) is 3.20. The Bertz CT molecular complexity index is 853. The van der Waals surface area contributed by atoms with Crippen LogP contribution >= 0.6 is 11.6 Å². The number of rotatable bonds is 5. The van der Waals surface area contributed by atoms with Gasteiger partial charge in [0.15, 0.2) is 5.82 Å². The van der Waals surface area contributed by atoms with Crippen molar-refractivity contribution < 1.29 is 4.74 Å². The largest absolute Gasteiger partial charge is 0.372 e. The van der Waals surface area contributed by atoms with Crippen LogP contribution in [0, 0.1) is 0 Å². The Balaban J connectivity index is 1.74. The first-order chi connectivity index (χ1) is 12.7. The van der Waals surface area contributed by atoms with Gasteiger partial charge in [0.2, 0.25) is 0 Å². The summed E-state index contributed by atoms with van der Waals surface area (Å²) >= 11 is 6.48. The molecule has 1 aromatic heterocycles. The molecule has 1 aromatic carbocycles. The lowest BCUT2D eigenvalue weighted by Crippen LogP contribution is -2.36. The molecule has 0 amide bonds. The Kier molecular flexibility index (Phi) is 4.89. The first kappa shape index (κ1) is 17.4. The first-order valence-corrected chi connectivity index (χ1v) is 9.35. The molecule has 2 aromatic rings. The van der Waals surface area contributed by atoms with Crippen molar-refractivity contribution in [3.05, 3.63) is 53.1 Å². The van der Waals surface area contributed by atoms with E-state index in [1.165, 1.54) is 0 Å². The number of dihydropyridines is 1. The van der Waals surface area contributed by atoms with Gasteiger partial charge in [-0.15, -0.1) is 10.2 Å². The molecule has 0 spiro atoms. The summed E-state index contributed by atoms with van der Waals surface area (Å²) in [6.45, 7) is 3.23. The second-order valence-corrected chi connectivity index (χ2v) is 7.08. The van der Waals surface area contributed by atoms with E-state index in [-0.39, 0.29) is 12.1 Å². The molecule has 1 unspecified atom stereocenters. The van der Waals surface area contributed by atoms with Crippen LogP contribution in [0.15, 0.2) is 41.4 Å². The highest BCUT2D eigenvalue weighted by atomic mass is 35.5. The molecule has 2 heterocycles. The van der Waals surface area contributed by atoms with Crippen molar-refractivity contribution >= 4 is 17.3 Å². The molecule has 2 N–H and O–H groups in total. The number of para-hydroxylation sites is 1. The van der Waals surface area contributed by atoms with Gasteiger partial charge in [0, 0.05) is 18.6 Å². The minimum atomic E-state index is 0.0181. The van der Waals surface area contributed by atoms with Crippen LogP contribution in [0.25, 0.3) is 5.69 Å². The van der Waals surface area contributed by atoms with Crippen molar-refractivity contribution in [2.24, 2.45) is 10.7 Å². The average Bonchev–Trinajstić information content (AvgIpc) is 3.04. The van der Waals surface area contributed by atoms with Gasteiger partial charge in [0.1, 0.15) is 11.5 Å².